The summed E-state index contributed by atoms with van der Waals surface area (Å²) in [6.45, 7) is 2.17. The van der Waals surface area contributed by atoms with Crippen molar-refractivity contribution in [2.24, 2.45) is 0 Å². The van der Waals surface area contributed by atoms with Crippen molar-refractivity contribution in [3.05, 3.63) is 30.1 Å². The molecule has 0 radical (unpaired) electrons. The number of morpholine rings is 1. The van der Waals surface area contributed by atoms with E-state index >= 15 is 0 Å². The zero-order valence-electron chi connectivity index (χ0n) is 12.5. The van der Waals surface area contributed by atoms with Gasteiger partial charge in [-0.15, -0.1) is 0 Å². The molecule has 0 unspecified atom stereocenters. The van der Waals surface area contributed by atoms with Gasteiger partial charge < -0.3 is 19.3 Å². The number of nitrogens with zero attached hydrogens (tertiary/aromatic N) is 3. The van der Waals surface area contributed by atoms with Gasteiger partial charge in [-0.2, -0.15) is 0 Å². The predicted octanol–water partition coefficient (Wildman–Crippen LogP) is -0.219. The lowest BCUT2D eigenvalue weighted by Crippen LogP contribution is -2.60. The van der Waals surface area contributed by atoms with Gasteiger partial charge in [-0.25, -0.2) is 0 Å². The zero-order valence-corrected chi connectivity index (χ0v) is 12.5. The summed E-state index contributed by atoms with van der Waals surface area (Å²) in [5.74, 6) is -0.152. The average Bonchev–Trinajstić information content (AvgIpc) is 2.74. The molecule has 0 aliphatic carbocycles. The number of carbonyl (C=O) groups excluding carboxylic acids is 2. The van der Waals surface area contributed by atoms with E-state index < -0.39 is 5.60 Å². The van der Waals surface area contributed by atoms with Crippen LogP contribution in [0.15, 0.2) is 24.5 Å². The quantitative estimate of drug-likeness (QED) is 0.717. The van der Waals surface area contributed by atoms with Crippen LogP contribution in [0, 0.1) is 0 Å². The number of ether oxygens (including phenoxy) is 2. The molecule has 0 aromatic carbocycles. The highest BCUT2D eigenvalue weighted by atomic mass is 16.6. The Hall–Kier alpha value is -1.99. The summed E-state index contributed by atoms with van der Waals surface area (Å²) in [7, 11) is 1.74. The molecule has 2 fully saturated rings. The van der Waals surface area contributed by atoms with Crippen LogP contribution in [0.4, 0.5) is 0 Å². The largest absolute Gasteiger partial charge is 0.376 e. The van der Waals surface area contributed by atoms with Crippen LogP contribution in [0.1, 0.15) is 10.4 Å². The van der Waals surface area contributed by atoms with Crippen molar-refractivity contribution < 1.29 is 19.1 Å². The van der Waals surface area contributed by atoms with E-state index in [2.05, 4.69) is 4.98 Å². The molecule has 1 atom stereocenters. The molecule has 3 rings (SSSR count). The van der Waals surface area contributed by atoms with E-state index in [0.717, 1.165) is 0 Å². The van der Waals surface area contributed by atoms with Crippen molar-refractivity contribution in [3.8, 4) is 0 Å². The van der Waals surface area contributed by atoms with Crippen LogP contribution >= 0.6 is 0 Å². The van der Waals surface area contributed by atoms with Crippen LogP contribution in [-0.4, -0.2) is 78.7 Å². The third-order valence-electron chi connectivity index (χ3n) is 4.00. The van der Waals surface area contributed by atoms with Crippen LogP contribution in [0.2, 0.25) is 0 Å². The van der Waals surface area contributed by atoms with Gasteiger partial charge >= 0.3 is 0 Å². The Bertz CT molecular complexity index is 565. The molecular formula is C15H19N3O4. The number of carbonyl (C=O) groups is 2. The molecule has 1 aromatic rings. The van der Waals surface area contributed by atoms with Crippen molar-refractivity contribution in [3.63, 3.8) is 0 Å². The number of rotatable bonds is 1. The Morgan fingerprint density at radius 3 is 3.00 bits per heavy atom. The summed E-state index contributed by atoms with van der Waals surface area (Å²) in [5.41, 5.74) is -0.114. The maximum absolute atomic E-state index is 12.6. The summed E-state index contributed by atoms with van der Waals surface area (Å²) in [6, 6.07) is 3.48. The number of pyridine rings is 1. The van der Waals surface area contributed by atoms with Crippen molar-refractivity contribution in [2.75, 3.05) is 46.5 Å². The molecule has 1 aromatic heterocycles. The third kappa shape index (κ3) is 2.95. The summed E-state index contributed by atoms with van der Waals surface area (Å²) < 4.78 is 11.4. The van der Waals surface area contributed by atoms with Gasteiger partial charge in [-0.05, 0) is 12.1 Å². The van der Waals surface area contributed by atoms with E-state index in [-0.39, 0.29) is 18.4 Å². The Morgan fingerprint density at radius 1 is 1.41 bits per heavy atom. The number of likely N-dealkylation sites (N-methyl/N-ethyl adjacent to an activating group) is 1. The van der Waals surface area contributed by atoms with Crippen molar-refractivity contribution in [1.29, 1.82) is 0 Å². The van der Waals surface area contributed by atoms with E-state index in [1.165, 1.54) is 0 Å². The van der Waals surface area contributed by atoms with E-state index in [9.17, 15) is 9.59 Å². The van der Waals surface area contributed by atoms with Gasteiger partial charge in [-0.1, -0.05) is 0 Å². The van der Waals surface area contributed by atoms with E-state index in [1.54, 1.807) is 41.4 Å². The van der Waals surface area contributed by atoms with Crippen LogP contribution in [-0.2, 0) is 14.3 Å². The Labute approximate surface area is 128 Å². The number of amides is 2. The number of hydrogen-bond donors (Lipinski definition) is 0. The van der Waals surface area contributed by atoms with Gasteiger partial charge in [0.1, 0.15) is 12.2 Å². The van der Waals surface area contributed by atoms with Gasteiger partial charge in [0.15, 0.2) is 0 Å². The molecule has 3 heterocycles. The second-order valence-electron chi connectivity index (χ2n) is 5.74. The monoisotopic (exact) mass is 305 g/mol. The molecule has 0 saturated carbocycles. The summed E-state index contributed by atoms with van der Waals surface area (Å²) in [5, 5.41) is 0. The normalized spacial score (nSPS) is 26.1. The molecule has 2 amide bonds. The predicted molar refractivity (Wildman–Crippen MR) is 77.3 cm³/mol. The average molecular weight is 305 g/mol. The number of hydrogen-bond acceptors (Lipinski definition) is 5. The maximum Gasteiger partial charge on any atom is 0.255 e. The summed E-state index contributed by atoms with van der Waals surface area (Å²) >= 11 is 0. The van der Waals surface area contributed by atoms with E-state index in [4.69, 9.17) is 9.47 Å². The first kappa shape index (κ1) is 14.9. The smallest absolute Gasteiger partial charge is 0.255 e. The second-order valence-corrected chi connectivity index (χ2v) is 5.74. The molecule has 7 heteroatoms. The SMILES string of the molecule is CN1C[C@@]2(COCCN(C(=O)c3cccnc3)C2)OCC1=O. The molecule has 1 spiro atoms. The van der Waals surface area contributed by atoms with Crippen LogP contribution < -0.4 is 0 Å². The second kappa shape index (κ2) is 6.02. The number of aromatic nitrogens is 1. The van der Waals surface area contributed by atoms with Crippen LogP contribution in [0.25, 0.3) is 0 Å². The summed E-state index contributed by atoms with van der Waals surface area (Å²) in [6.07, 6.45) is 3.19. The third-order valence-corrected chi connectivity index (χ3v) is 4.00. The summed E-state index contributed by atoms with van der Waals surface area (Å²) in [4.78, 5) is 31.6. The van der Waals surface area contributed by atoms with Crippen LogP contribution in [0.5, 0.6) is 0 Å². The molecule has 2 aliphatic rings. The first-order valence-electron chi connectivity index (χ1n) is 7.25. The van der Waals surface area contributed by atoms with Gasteiger partial charge in [0.2, 0.25) is 5.91 Å². The first-order chi connectivity index (χ1) is 10.6. The topological polar surface area (TPSA) is 72.0 Å². The fourth-order valence-electron chi connectivity index (χ4n) is 2.82. The molecule has 22 heavy (non-hydrogen) atoms. The lowest BCUT2D eigenvalue weighted by molar-refractivity contribution is -0.169. The Balaban J connectivity index is 1.78. The highest BCUT2D eigenvalue weighted by Crippen LogP contribution is 2.23. The standard InChI is InChI=1S/C15H19N3O4/c1-17-9-15(22-8-13(17)19)10-18(5-6-21-11-15)14(20)12-3-2-4-16-7-12/h2-4,7H,5-6,8-11H2,1H3/t15-/m1/s1. The molecule has 0 bridgehead atoms. The van der Waals surface area contributed by atoms with Gasteiger partial charge in [0, 0.05) is 26.0 Å². The lowest BCUT2D eigenvalue weighted by atomic mass is 10.0. The Kier molecular flexibility index (Phi) is 4.08. The minimum Gasteiger partial charge on any atom is -0.376 e. The highest BCUT2D eigenvalue weighted by Gasteiger charge is 2.42. The lowest BCUT2D eigenvalue weighted by Gasteiger charge is -2.41. The molecular weight excluding hydrogens is 286 g/mol. The van der Waals surface area contributed by atoms with Crippen molar-refractivity contribution in [2.45, 2.75) is 5.60 Å². The highest BCUT2D eigenvalue weighted by molar-refractivity contribution is 5.94. The van der Waals surface area contributed by atoms with Gasteiger partial charge in [-0.3, -0.25) is 14.6 Å². The van der Waals surface area contributed by atoms with Crippen molar-refractivity contribution >= 4 is 11.8 Å². The van der Waals surface area contributed by atoms with Gasteiger partial charge in [0.25, 0.3) is 5.91 Å². The minimum atomic E-state index is -0.656. The van der Waals surface area contributed by atoms with Gasteiger partial charge in [0.05, 0.1) is 31.9 Å². The minimum absolute atomic E-state index is 0.0226. The van der Waals surface area contributed by atoms with Crippen molar-refractivity contribution in [1.82, 2.24) is 14.8 Å². The zero-order chi connectivity index (χ0) is 15.6. The molecule has 2 saturated heterocycles. The van der Waals surface area contributed by atoms with E-state index in [1.807, 2.05) is 0 Å². The van der Waals surface area contributed by atoms with Crippen LogP contribution in [0.3, 0.4) is 0 Å². The maximum atomic E-state index is 12.6. The Morgan fingerprint density at radius 2 is 2.27 bits per heavy atom. The molecule has 0 N–H and O–H groups in total. The molecule has 118 valence electrons. The van der Waals surface area contributed by atoms with E-state index in [0.29, 0.717) is 38.4 Å². The fourth-order valence-corrected chi connectivity index (χ4v) is 2.82. The fraction of sp³-hybridized carbons (Fsp3) is 0.533. The molecule has 2 aliphatic heterocycles. The first-order valence-corrected chi connectivity index (χ1v) is 7.25. The molecule has 7 nitrogen and oxygen atoms in total.